The summed E-state index contributed by atoms with van der Waals surface area (Å²) in [6.07, 6.45) is 0.442. The Morgan fingerprint density at radius 1 is 1.29 bits per heavy atom. The van der Waals surface area contributed by atoms with Gasteiger partial charge in [0.25, 0.3) is 0 Å². The van der Waals surface area contributed by atoms with Gasteiger partial charge in [0.2, 0.25) is 0 Å². The number of nitrogens with zero attached hydrogens (tertiary/aromatic N) is 2. The number of likely N-dealkylation sites (N-methyl/N-ethyl adjacent to an activating group) is 1. The Balaban J connectivity index is 0.00000529. The minimum absolute atomic E-state index is 0. The van der Waals surface area contributed by atoms with Gasteiger partial charge >= 0.3 is 6.18 Å². The minimum atomic E-state index is -4.16. The average Bonchev–Trinajstić information content (AvgIpc) is 2.41. The smallest absolute Gasteiger partial charge is 0.385 e. The number of alkyl halides is 3. The zero-order chi connectivity index (χ0) is 17.3. The van der Waals surface area contributed by atoms with E-state index in [4.69, 9.17) is 4.74 Å². The number of nitrogens with one attached hydrogen (secondary N) is 2. The molecule has 0 unspecified atom stereocenters. The van der Waals surface area contributed by atoms with Crippen molar-refractivity contribution in [2.24, 2.45) is 10.4 Å². The second-order valence-corrected chi connectivity index (χ2v) is 6.30. The van der Waals surface area contributed by atoms with Crippen molar-refractivity contribution in [1.29, 1.82) is 0 Å². The monoisotopic (exact) mass is 466 g/mol. The summed E-state index contributed by atoms with van der Waals surface area (Å²) in [5.41, 5.74) is 0.265. The molecule has 0 amide bonds. The molecule has 1 fully saturated rings. The fourth-order valence-electron chi connectivity index (χ4n) is 2.75. The van der Waals surface area contributed by atoms with Crippen LogP contribution in [0.25, 0.3) is 0 Å². The molecule has 0 bridgehead atoms. The third-order valence-electron chi connectivity index (χ3n) is 4.34. The van der Waals surface area contributed by atoms with Gasteiger partial charge in [0.1, 0.15) is 0 Å². The van der Waals surface area contributed by atoms with E-state index >= 15 is 0 Å². The zero-order valence-electron chi connectivity index (χ0n) is 14.7. The number of methoxy groups -OCH3 is 1. The highest BCUT2D eigenvalue weighted by Crippen LogP contribution is 2.43. The van der Waals surface area contributed by atoms with Gasteiger partial charge in [0.05, 0.1) is 6.54 Å². The Morgan fingerprint density at radius 2 is 1.96 bits per heavy atom. The Kier molecular flexibility index (Phi) is 11.2. The topological polar surface area (TPSA) is 48.9 Å². The molecule has 0 aromatic rings. The van der Waals surface area contributed by atoms with Crippen molar-refractivity contribution in [2.45, 2.75) is 31.9 Å². The summed E-state index contributed by atoms with van der Waals surface area (Å²) in [6.45, 7) is 1.37. The molecule has 5 nitrogen and oxygen atoms in total. The van der Waals surface area contributed by atoms with Gasteiger partial charge in [-0.25, -0.2) is 0 Å². The van der Waals surface area contributed by atoms with Crippen molar-refractivity contribution in [3.05, 3.63) is 0 Å². The predicted octanol–water partition coefficient (Wildman–Crippen LogP) is 2.47. The summed E-state index contributed by atoms with van der Waals surface area (Å²) < 4.78 is 41.9. The molecule has 1 aliphatic rings. The van der Waals surface area contributed by atoms with Crippen molar-refractivity contribution < 1.29 is 17.9 Å². The van der Waals surface area contributed by atoms with Crippen LogP contribution < -0.4 is 10.6 Å². The fourth-order valence-corrected chi connectivity index (χ4v) is 2.75. The molecular weight excluding hydrogens is 436 g/mol. The lowest BCUT2D eigenvalue weighted by Gasteiger charge is -2.42. The maximum atomic E-state index is 12.2. The second-order valence-electron chi connectivity index (χ2n) is 6.30. The van der Waals surface area contributed by atoms with Crippen molar-refractivity contribution in [2.75, 3.05) is 54.0 Å². The van der Waals surface area contributed by atoms with Crippen LogP contribution in [0.15, 0.2) is 4.99 Å². The van der Waals surface area contributed by atoms with Crippen molar-refractivity contribution >= 4 is 29.9 Å². The van der Waals surface area contributed by atoms with Crippen LogP contribution in [0.4, 0.5) is 13.2 Å². The normalized spacial score (nSPS) is 17.2. The number of guanidine groups is 1. The molecule has 0 aromatic carbocycles. The van der Waals surface area contributed by atoms with Gasteiger partial charge in [-0.3, -0.25) is 9.89 Å². The number of halogens is 4. The van der Waals surface area contributed by atoms with Gasteiger partial charge in [-0.05, 0) is 31.7 Å². The SMILES string of the molecule is CN=C(NCCN(C)CC(F)(F)F)NCC1(CCOC)CCC1.I. The van der Waals surface area contributed by atoms with E-state index in [1.165, 1.54) is 31.2 Å². The highest BCUT2D eigenvalue weighted by Gasteiger charge is 2.36. The maximum Gasteiger partial charge on any atom is 0.401 e. The molecule has 24 heavy (non-hydrogen) atoms. The quantitative estimate of drug-likeness (QED) is 0.312. The highest BCUT2D eigenvalue weighted by molar-refractivity contribution is 14.0. The summed E-state index contributed by atoms with van der Waals surface area (Å²) in [4.78, 5) is 5.37. The maximum absolute atomic E-state index is 12.2. The number of rotatable bonds is 9. The first-order valence-corrected chi connectivity index (χ1v) is 7.99. The minimum Gasteiger partial charge on any atom is -0.385 e. The van der Waals surface area contributed by atoms with E-state index in [-0.39, 0.29) is 29.4 Å². The van der Waals surface area contributed by atoms with Gasteiger partial charge in [-0.15, -0.1) is 24.0 Å². The van der Waals surface area contributed by atoms with Crippen molar-refractivity contribution in [3.8, 4) is 0 Å². The summed E-state index contributed by atoms with van der Waals surface area (Å²) in [5, 5.41) is 6.35. The molecule has 0 saturated heterocycles. The van der Waals surface area contributed by atoms with Crippen LogP contribution in [0.2, 0.25) is 0 Å². The largest absolute Gasteiger partial charge is 0.401 e. The number of ether oxygens (including phenoxy) is 1. The van der Waals surface area contributed by atoms with Crippen LogP contribution in [0, 0.1) is 5.41 Å². The van der Waals surface area contributed by atoms with E-state index in [0.717, 1.165) is 19.6 Å². The second kappa shape index (κ2) is 11.3. The fraction of sp³-hybridized carbons (Fsp3) is 0.933. The van der Waals surface area contributed by atoms with Crippen LogP contribution in [-0.2, 0) is 4.74 Å². The lowest BCUT2D eigenvalue weighted by molar-refractivity contribution is -0.142. The Labute approximate surface area is 159 Å². The molecule has 0 spiro atoms. The number of hydrogen-bond donors (Lipinski definition) is 2. The highest BCUT2D eigenvalue weighted by atomic mass is 127. The molecule has 1 aliphatic carbocycles. The van der Waals surface area contributed by atoms with E-state index < -0.39 is 12.7 Å². The van der Waals surface area contributed by atoms with E-state index in [0.29, 0.717) is 19.0 Å². The molecule has 1 saturated carbocycles. The summed E-state index contributed by atoms with van der Waals surface area (Å²) >= 11 is 0. The molecule has 0 heterocycles. The van der Waals surface area contributed by atoms with Gasteiger partial charge in [0.15, 0.2) is 5.96 Å². The Morgan fingerprint density at radius 3 is 2.42 bits per heavy atom. The average molecular weight is 466 g/mol. The van der Waals surface area contributed by atoms with Crippen LogP contribution in [0.1, 0.15) is 25.7 Å². The molecule has 1 rings (SSSR count). The molecule has 2 N–H and O–H groups in total. The molecular formula is C15H30F3IN4O. The van der Waals surface area contributed by atoms with Crippen LogP contribution in [0.5, 0.6) is 0 Å². The van der Waals surface area contributed by atoms with Crippen LogP contribution in [0.3, 0.4) is 0 Å². The molecule has 0 aliphatic heterocycles. The van der Waals surface area contributed by atoms with Gasteiger partial charge in [0, 0.05) is 40.4 Å². The summed E-state index contributed by atoms with van der Waals surface area (Å²) in [6, 6.07) is 0. The van der Waals surface area contributed by atoms with Crippen LogP contribution in [-0.4, -0.2) is 71.0 Å². The molecule has 0 radical (unpaired) electrons. The van der Waals surface area contributed by atoms with E-state index in [1.54, 1.807) is 14.2 Å². The Bertz CT molecular complexity index is 376. The summed E-state index contributed by atoms with van der Waals surface area (Å²) in [5.74, 6) is 0.633. The lowest BCUT2D eigenvalue weighted by atomic mass is 9.67. The van der Waals surface area contributed by atoms with Crippen molar-refractivity contribution in [3.63, 3.8) is 0 Å². The molecule has 9 heteroatoms. The first kappa shape index (κ1) is 23.7. The van der Waals surface area contributed by atoms with E-state index in [1.807, 2.05) is 0 Å². The van der Waals surface area contributed by atoms with Gasteiger partial charge in [-0.1, -0.05) is 6.42 Å². The van der Waals surface area contributed by atoms with Gasteiger partial charge in [-0.2, -0.15) is 13.2 Å². The third-order valence-corrected chi connectivity index (χ3v) is 4.34. The van der Waals surface area contributed by atoms with E-state index in [2.05, 4.69) is 15.6 Å². The number of hydrogen-bond acceptors (Lipinski definition) is 3. The molecule has 0 atom stereocenters. The molecule has 144 valence electrons. The number of aliphatic imine (C=N–C) groups is 1. The first-order chi connectivity index (χ1) is 10.8. The lowest BCUT2D eigenvalue weighted by Crippen LogP contribution is -2.48. The standard InChI is InChI=1S/C15H29F3N4O.HI/c1-19-13(20-8-9-22(2)12-15(16,17)18)21-11-14(5-4-6-14)7-10-23-3;/h4-12H2,1-3H3,(H2,19,20,21);1H. The summed E-state index contributed by atoms with van der Waals surface area (Å²) in [7, 11) is 4.83. The van der Waals surface area contributed by atoms with Crippen molar-refractivity contribution in [1.82, 2.24) is 15.5 Å². The predicted molar refractivity (Wildman–Crippen MR) is 101 cm³/mol. The third kappa shape index (κ3) is 9.26. The first-order valence-electron chi connectivity index (χ1n) is 7.99. The van der Waals surface area contributed by atoms with Crippen LogP contribution >= 0.6 is 24.0 Å². The Hall–Kier alpha value is -0.290. The van der Waals surface area contributed by atoms with E-state index in [9.17, 15) is 13.2 Å². The molecule has 0 aromatic heterocycles. The van der Waals surface area contributed by atoms with Gasteiger partial charge < -0.3 is 15.4 Å². The zero-order valence-corrected chi connectivity index (χ0v) is 17.0.